The maximum absolute atomic E-state index is 12.0. The maximum atomic E-state index is 12.0. The third kappa shape index (κ3) is 5.07. The number of ether oxygens (including phenoxy) is 2. The first-order valence-corrected chi connectivity index (χ1v) is 5.36. The molecule has 1 aromatic rings. The van der Waals surface area contributed by atoms with Crippen LogP contribution in [0.3, 0.4) is 0 Å². The van der Waals surface area contributed by atoms with Crippen molar-refractivity contribution in [2.75, 3.05) is 5.73 Å². The first-order valence-electron chi connectivity index (χ1n) is 5.36. The summed E-state index contributed by atoms with van der Waals surface area (Å²) < 4.78 is 44.7. The van der Waals surface area contributed by atoms with Gasteiger partial charge in [-0.1, -0.05) is 0 Å². The van der Waals surface area contributed by atoms with Crippen LogP contribution in [-0.2, 0) is 4.74 Å². The highest BCUT2D eigenvalue weighted by atomic mass is 19.4. The minimum absolute atomic E-state index is 0.00977. The lowest BCUT2D eigenvalue weighted by molar-refractivity contribution is -0.274. The Morgan fingerprint density at radius 3 is 2.21 bits per heavy atom. The summed E-state index contributed by atoms with van der Waals surface area (Å²) in [6.45, 7) is 5.01. The first-order chi connectivity index (χ1) is 8.48. The predicted molar refractivity (Wildman–Crippen MR) is 62.7 cm³/mol. The normalized spacial score (nSPS) is 12.1. The summed E-state index contributed by atoms with van der Waals surface area (Å²) in [7, 11) is 0. The van der Waals surface area contributed by atoms with Gasteiger partial charge < -0.3 is 15.2 Å². The van der Waals surface area contributed by atoms with Crippen molar-refractivity contribution in [2.45, 2.75) is 32.7 Å². The summed E-state index contributed by atoms with van der Waals surface area (Å²) in [5.41, 5.74) is 4.64. The van der Waals surface area contributed by atoms with E-state index in [-0.39, 0.29) is 11.3 Å². The van der Waals surface area contributed by atoms with Crippen LogP contribution in [0.2, 0.25) is 0 Å². The van der Waals surface area contributed by atoms with Crippen LogP contribution in [-0.4, -0.2) is 17.9 Å². The zero-order chi connectivity index (χ0) is 14.8. The zero-order valence-electron chi connectivity index (χ0n) is 10.7. The number of rotatable bonds is 2. The van der Waals surface area contributed by atoms with Crippen LogP contribution in [0.1, 0.15) is 31.1 Å². The Hall–Kier alpha value is -1.92. The molecular formula is C12H14F3NO3. The Bertz CT molecular complexity index is 478. The van der Waals surface area contributed by atoms with Gasteiger partial charge >= 0.3 is 12.3 Å². The highest BCUT2D eigenvalue weighted by Crippen LogP contribution is 2.27. The number of hydrogen-bond acceptors (Lipinski definition) is 4. The monoisotopic (exact) mass is 277 g/mol. The van der Waals surface area contributed by atoms with Crippen LogP contribution in [0.4, 0.5) is 18.9 Å². The van der Waals surface area contributed by atoms with Crippen LogP contribution in [0.5, 0.6) is 5.75 Å². The Labute approximate surface area is 108 Å². The molecule has 1 aromatic carbocycles. The van der Waals surface area contributed by atoms with Gasteiger partial charge in [-0.25, -0.2) is 4.79 Å². The lowest BCUT2D eigenvalue weighted by atomic mass is 10.1. The number of alkyl halides is 3. The molecule has 0 heterocycles. The number of nitrogen functional groups attached to an aromatic ring is 1. The topological polar surface area (TPSA) is 61.5 Å². The second kappa shape index (κ2) is 4.99. The molecule has 4 nitrogen and oxygen atoms in total. The third-order valence-corrected chi connectivity index (χ3v) is 1.88. The van der Waals surface area contributed by atoms with E-state index in [2.05, 4.69) is 4.74 Å². The van der Waals surface area contributed by atoms with Crippen molar-refractivity contribution in [3.63, 3.8) is 0 Å². The van der Waals surface area contributed by atoms with Gasteiger partial charge in [0.15, 0.2) is 0 Å². The quantitative estimate of drug-likeness (QED) is 0.666. The minimum atomic E-state index is -4.81. The molecule has 0 aliphatic carbocycles. The Balaban J connectivity index is 2.92. The molecule has 0 saturated carbocycles. The molecule has 0 saturated heterocycles. The van der Waals surface area contributed by atoms with E-state index in [4.69, 9.17) is 10.5 Å². The van der Waals surface area contributed by atoms with E-state index in [1.807, 2.05) is 0 Å². The molecule has 19 heavy (non-hydrogen) atoms. The predicted octanol–water partition coefficient (Wildman–Crippen LogP) is 3.12. The van der Waals surface area contributed by atoms with E-state index in [0.717, 1.165) is 18.2 Å². The fourth-order valence-electron chi connectivity index (χ4n) is 1.26. The second-order valence-electron chi connectivity index (χ2n) is 4.80. The van der Waals surface area contributed by atoms with E-state index in [9.17, 15) is 18.0 Å². The fourth-order valence-corrected chi connectivity index (χ4v) is 1.26. The number of carbonyl (C=O) groups is 1. The molecule has 0 aliphatic heterocycles. The molecule has 0 spiro atoms. The second-order valence-corrected chi connectivity index (χ2v) is 4.80. The number of halogens is 3. The summed E-state index contributed by atoms with van der Waals surface area (Å²) in [4.78, 5) is 11.7. The smallest absolute Gasteiger partial charge is 0.456 e. The molecule has 0 fully saturated rings. The zero-order valence-corrected chi connectivity index (χ0v) is 10.7. The fraction of sp³-hybridized carbons (Fsp3) is 0.417. The SMILES string of the molecule is CC(C)(C)OC(=O)c1ccc(OC(F)(F)F)cc1N. The summed E-state index contributed by atoms with van der Waals surface area (Å²) >= 11 is 0. The highest BCUT2D eigenvalue weighted by Gasteiger charge is 2.31. The van der Waals surface area contributed by atoms with Gasteiger partial charge in [0.1, 0.15) is 11.4 Å². The van der Waals surface area contributed by atoms with Gasteiger partial charge in [-0.2, -0.15) is 0 Å². The summed E-state index contributed by atoms with van der Waals surface area (Å²) in [5, 5.41) is 0. The van der Waals surface area contributed by atoms with Crippen LogP contribution in [0, 0.1) is 0 Å². The van der Waals surface area contributed by atoms with E-state index < -0.39 is 23.7 Å². The molecule has 0 bridgehead atoms. The van der Waals surface area contributed by atoms with Crippen molar-refractivity contribution < 1.29 is 27.4 Å². The molecule has 1 rings (SSSR count). The number of benzene rings is 1. The van der Waals surface area contributed by atoms with E-state index in [0.29, 0.717) is 0 Å². The van der Waals surface area contributed by atoms with Crippen molar-refractivity contribution in [1.29, 1.82) is 0 Å². The first kappa shape index (κ1) is 15.1. The van der Waals surface area contributed by atoms with Crippen molar-refractivity contribution in [1.82, 2.24) is 0 Å². The standard InChI is InChI=1S/C12H14F3NO3/c1-11(2,3)19-10(17)8-5-4-7(6-9(8)16)18-12(13,14)15/h4-6H,16H2,1-3H3. The minimum Gasteiger partial charge on any atom is -0.456 e. The third-order valence-electron chi connectivity index (χ3n) is 1.88. The van der Waals surface area contributed by atoms with Crippen LogP contribution < -0.4 is 10.5 Å². The molecule has 106 valence electrons. The maximum Gasteiger partial charge on any atom is 0.573 e. The van der Waals surface area contributed by atoms with Gasteiger partial charge in [0.2, 0.25) is 0 Å². The van der Waals surface area contributed by atoms with Crippen molar-refractivity contribution in [3.8, 4) is 5.75 Å². The number of hydrogen-bond donors (Lipinski definition) is 1. The molecule has 0 unspecified atom stereocenters. The molecule has 0 radical (unpaired) electrons. The molecule has 0 aliphatic rings. The average molecular weight is 277 g/mol. The number of anilines is 1. The van der Waals surface area contributed by atoms with E-state index >= 15 is 0 Å². The average Bonchev–Trinajstić information content (AvgIpc) is 2.11. The number of esters is 1. The summed E-state index contributed by atoms with van der Waals surface area (Å²) in [5.74, 6) is -1.19. The molecule has 0 aromatic heterocycles. The van der Waals surface area contributed by atoms with E-state index in [1.165, 1.54) is 0 Å². The van der Waals surface area contributed by atoms with Gasteiger partial charge in [0.25, 0.3) is 0 Å². The summed E-state index contributed by atoms with van der Waals surface area (Å²) in [6.07, 6.45) is -4.81. The van der Waals surface area contributed by atoms with Crippen LogP contribution in [0.25, 0.3) is 0 Å². The van der Waals surface area contributed by atoms with Gasteiger partial charge in [0, 0.05) is 11.8 Å². The number of carbonyl (C=O) groups excluding carboxylic acids is 1. The summed E-state index contributed by atoms with van der Waals surface area (Å²) in [6, 6.07) is 3.06. The Kier molecular flexibility index (Phi) is 3.97. The Morgan fingerprint density at radius 1 is 1.21 bits per heavy atom. The van der Waals surface area contributed by atoms with E-state index in [1.54, 1.807) is 20.8 Å². The molecular weight excluding hydrogens is 263 g/mol. The molecule has 7 heteroatoms. The van der Waals surface area contributed by atoms with Gasteiger partial charge in [0.05, 0.1) is 5.56 Å². The largest absolute Gasteiger partial charge is 0.573 e. The lowest BCUT2D eigenvalue weighted by Gasteiger charge is -2.20. The number of nitrogens with two attached hydrogens (primary N) is 1. The molecule has 0 amide bonds. The molecule has 0 atom stereocenters. The molecule has 2 N–H and O–H groups in total. The van der Waals surface area contributed by atoms with Crippen molar-refractivity contribution in [2.24, 2.45) is 0 Å². The highest BCUT2D eigenvalue weighted by molar-refractivity contribution is 5.95. The Morgan fingerprint density at radius 2 is 1.79 bits per heavy atom. The van der Waals surface area contributed by atoms with Crippen molar-refractivity contribution >= 4 is 11.7 Å². The van der Waals surface area contributed by atoms with Gasteiger partial charge in [-0.05, 0) is 32.9 Å². The lowest BCUT2D eigenvalue weighted by Crippen LogP contribution is -2.24. The van der Waals surface area contributed by atoms with Gasteiger partial charge in [-0.15, -0.1) is 13.2 Å². The van der Waals surface area contributed by atoms with Crippen molar-refractivity contribution in [3.05, 3.63) is 23.8 Å². The van der Waals surface area contributed by atoms with Gasteiger partial charge in [-0.3, -0.25) is 0 Å². The van der Waals surface area contributed by atoms with Crippen LogP contribution >= 0.6 is 0 Å². The van der Waals surface area contributed by atoms with Crippen LogP contribution in [0.15, 0.2) is 18.2 Å².